The summed E-state index contributed by atoms with van der Waals surface area (Å²) in [5, 5.41) is 0. The second-order valence-corrected chi connectivity index (χ2v) is 8.92. The van der Waals surface area contributed by atoms with Crippen LogP contribution in [-0.4, -0.2) is 15.2 Å². The fraction of sp³-hybridized carbons (Fsp3) is 0.231. The monoisotopic (exact) mass is 389 g/mol. The zero-order valence-corrected chi connectivity index (χ0v) is 14.2. The van der Waals surface area contributed by atoms with Crippen LogP contribution in [0.4, 0.5) is 0 Å². The Bertz CT molecular complexity index is 772. The summed E-state index contributed by atoms with van der Waals surface area (Å²) in [6, 6.07) is 8.31. The van der Waals surface area contributed by atoms with Crippen molar-refractivity contribution < 1.29 is 17.9 Å². The van der Waals surface area contributed by atoms with Gasteiger partial charge in [0.05, 0.1) is 3.79 Å². The fourth-order valence-electron chi connectivity index (χ4n) is 1.98. The molecule has 1 aliphatic rings. The molecule has 0 radical (unpaired) electrons. The molecule has 1 N–H and O–H groups in total. The molecule has 2 aromatic rings. The first-order valence-electron chi connectivity index (χ1n) is 6.13. The summed E-state index contributed by atoms with van der Waals surface area (Å²) in [6.45, 7) is 1.99. The summed E-state index contributed by atoms with van der Waals surface area (Å²) in [7, 11) is -3.53. The van der Waals surface area contributed by atoms with Crippen LogP contribution >= 0.6 is 27.3 Å². The van der Waals surface area contributed by atoms with Gasteiger partial charge in [0.25, 0.3) is 10.0 Å². The minimum absolute atomic E-state index is 0.197. The predicted molar refractivity (Wildman–Crippen MR) is 83.3 cm³/mol. The number of fused-ring (bicyclic) bond motifs is 1. The molecule has 2 heterocycles. The topological polar surface area (TPSA) is 64.6 Å². The lowest BCUT2D eigenvalue weighted by Crippen LogP contribution is -2.26. The Kier molecular flexibility index (Phi) is 3.96. The molecule has 0 bridgehead atoms. The summed E-state index contributed by atoms with van der Waals surface area (Å²) in [4.78, 5) is 0. The number of halogens is 1. The van der Waals surface area contributed by atoms with E-state index in [-0.39, 0.29) is 17.0 Å². The van der Waals surface area contributed by atoms with Crippen molar-refractivity contribution in [3.8, 4) is 11.5 Å². The second kappa shape index (κ2) is 5.60. The highest BCUT2D eigenvalue weighted by molar-refractivity contribution is 9.11. The fourth-order valence-corrected chi connectivity index (χ4v) is 5.24. The molecule has 1 aromatic carbocycles. The molecule has 1 atom stereocenters. The van der Waals surface area contributed by atoms with Gasteiger partial charge < -0.3 is 9.47 Å². The quantitative estimate of drug-likeness (QED) is 0.871. The number of hydrogen-bond donors (Lipinski definition) is 1. The Morgan fingerprint density at radius 1 is 1.24 bits per heavy atom. The minimum Gasteiger partial charge on any atom is -0.454 e. The normalized spacial score (nSPS) is 15.1. The van der Waals surface area contributed by atoms with E-state index in [1.807, 2.05) is 6.07 Å². The summed E-state index contributed by atoms with van der Waals surface area (Å²) >= 11 is 4.44. The molecule has 0 saturated carbocycles. The van der Waals surface area contributed by atoms with Crippen LogP contribution in [0.5, 0.6) is 11.5 Å². The summed E-state index contributed by atoms with van der Waals surface area (Å²) in [6.07, 6.45) is 0. The first-order chi connectivity index (χ1) is 9.95. The van der Waals surface area contributed by atoms with Crippen LogP contribution in [0.15, 0.2) is 38.3 Å². The van der Waals surface area contributed by atoms with Gasteiger partial charge in [-0.1, -0.05) is 6.07 Å². The van der Waals surface area contributed by atoms with Crippen molar-refractivity contribution in [3.05, 3.63) is 39.7 Å². The highest BCUT2D eigenvalue weighted by Gasteiger charge is 2.22. The van der Waals surface area contributed by atoms with E-state index in [1.165, 1.54) is 11.3 Å². The van der Waals surface area contributed by atoms with E-state index in [0.29, 0.717) is 11.5 Å². The number of nitrogens with one attached hydrogen (secondary N) is 1. The molecule has 5 nitrogen and oxygen atoms in total. The van der Waals surface area contributed by atoms with Gasteiger partial charge in [-0.05, 0) is 52.7 Å². The van der Waals surface area contributed by atoms with Gasteiger partial charge in [-0.15, -0.1) is 11.3 Å². The zero-order valence-electron chi connectivity index (χ0n) is 11.0. The van der Waals surface area contributed by atoms with Crippen molar-refractivity contribution in [2.75, 3.05) is 6.79 Å². The molecule has 0 fully saturated rings. The lowest BCUT2D eigenvalue weighted by Gasteiger charge is -2.14. The van der Waals surface area contributed by atoms with E-state index < -0.39 is 10.0 Å². The van der Waals surface area contributed by atoms with Gasteiger partial charge in [-0.3, -0.25) is 0 Å². The van der Waals surface area contributed by atoms with E-state index in [9.17, 15) is 8.42 Å². The van der Waals surface area contributed by atoms with Crippen molar-refractivity contribution in [3.63, 3.8) is 0 Å². The number of thiophene rings is 1. The van der Waals surface area contributed by atoms with Gasteiger partial charge in [0.2, 0.25) is 6.79 Å². The Morgan fingerprint density at radius 2 is 2.00 bits per heavy atom. The molecule has 0 saturated heterocycles. The third kappa shape index (κ3) is 3.08. The number of benzene rings is 1. The van der Waals surface area contributed by atoms with E-state index in [2.05, 4.69) is 20.7 Å². The van der Waals surface area contributed by atoms with Crippen LogP contribution in [0.1, 0.15) is 18.5 Å². The largest absolute Gasteiger partial charge is 0.454 e. The molecule has 112 valence electrons. The van der Waals surface area contributed by atoms with Crippen LogP contribution < -0.4 is 14.2 Å². The lowest BCUT2D eigenvalue weighted by molar-refractivity contribution is 0.174. The van der Waals surface area contributed by atoms with Gasteiger partial charge in [0.15, 0.2) is 11.5 Å². The number of sulfonamides is 1. The highest BCUT2D eigenvalue weighted by atomic mass is 79.9. The molecular formula is C13H12BrNO4S2. The standard InChI is InChI=1S/C13H12BrNO4S2/c1-8(9-2-3-10-11(6-9)19-7-18-10)15-21(16,17)13-5-4-12(14)20-13/h2-6,8,15H,7H2,1H3. The predicted octanol–water partition coefficient (Wildman–Crippen LogP) is 3.28. The van der Waals surface area contributed by atoms with Crippen LogP contribution in [0.2, 0.25) is 0 Å². The molecule has 0 spiro atoms. The molecule has 8 heteroatoms. The van der Waals surface area contributed by atoms with Crippen molar-refractivity contribution >= 4 is 37.3 Å². The molecule has 0 amide bonds. The number of ether oxygens (including phenoxy) is 2. The van der Waals surface area contributed by atoms with Crippen molar-refractivity contribution in [1.29, 1.82) is 0 Å². The van der Waals surface area contributed by atoms with E-state index >= 15 is 0 Å². The average molecular weight is 390 g/mol. The van der Waals surface area contributed by atoms with Gasteiger partial charge >= 0.3 is 0 Å². The van der Waals surface area contributed by atoms with Crippen molar-refractivity contribution in [2.45, 2.75) is 17.2 Å². The smallest absolute Gasteiger partial charge is 0.250 e. The molecule has 3 rings (SSSR count). The maximum atomic E-state index is 12.3. The van der Waals surface area contributed by atoms with Crippen molar-refractivity contribution in [2.24, 2.45) is 0 Å². The van der Waals surface area contributed by atoms with Crippen LogP contribution in [0, 0.1) is 0 Å². The van der Waals surface area contributed by atoms with Gasteiger partial charge in [-0.2, -0.15) is 0 Å². The molecule has 1 aliphatic heterocycles. The second-order valence-electron chi connectivity index (χ2n) is 4.51. The van der Waals surface area contributed by atoms with E-state index in [4.69, 9.17) is 9.47 Å². The molecule has 1 aromatic heterocycles. The Hall–Kier alpha value is -1.09. The van der Waals surface area contributed by atoms with E-state index in [1.54, 1.807) is 31.2 Å². The lowest BCUT2D eigenvalue weighted by atomic mass is 10.1. The minimum atomic E-state index is -3.53. The molecule has 0 aliphatic carbocycles. The first-order valence-corrected chi connectivity index (χ1v) is 9.22. The number of hydrogen-bond acceptors (Lipinski definition) is 5. The zero-order chi connectivity index (χ0) is 15.0. The molecule has 1 unspecified atom stereocenters. The maximum absolute atomic E-state index is 12.3. The Morgan fingerprint density at radius 3 is 2.71 bits per heavy atom. The third-order valence-corrected chi connectivity index (χ3v) is 6.70. The maximum Gasteiger partial charge on any atom is 0.250 e. The van der Waals surface area contributed by atoms with Crippen LogP contribution in [-0.2, 0) is 10.0 Å². The van der Waals surface area contributed by atoms with Crippen LogP contribution in [0.3, 0.4) is 0 Å². The Labute approximate surface area is 135 Å². The van der Waals surface area contributed by atoms with Crippen LogP contribution in [0.25, 0.3) is 0 Å². The van der Waals surface area contributed by atoms with Crippen molar-refractivity contribution in [1.82, 2.24) is 4.72 Å². The molecular weight excluding hydrogens is 378 g/mol. The number of rotatable bonds is 4. The van der Waals surface area contributed by atoms with Gasteiger partial charge in [0.1, 0.15) is 4.21 Å². The highest BCUT2D eigenvalue weighted by Crippen LogP contribution is 2.34. The van der Waals surface area contributed by atoms with Gasteiger partial charge in [-0.25, -0.2) is 13.1 Å². The Balaban J connectivity index is 1.81. The van der Waals surface area contributed by atoms with E-state index in [0.717, 1.165) is 9.35 Å². The molecule has 21 heavy (non-hydrogen) atoms. The summed E-state index contributed by atoms with van der Waals surface area (Å²) < 4.78 is 38.8. The first kappa shape index (κ1) is 14.8. The summed E-state index contributed by atoms with van der Waals surface area (Å²) in [5.41, 5.74) is 0.818. The SMILES string of the molecule is CC(NS(=O)(=O)c1ccc(Br)s1)c1ccc2c(c1)OCO2. The summed E-state index contributed by atoms with van der Waals surface area (Å²) in [5.74, 6) is 1.31. The third-order valence-electron chi connectivity index (χ3n) is 3.04. The average Bonchev–Trinajstić information content (AvgIpc) is 3.05. The van der Waals surface area contributed by atoms with Gasteiger partial charge in [0, 0.05) is 6.04 Å².